The zero-order valence-corrected chi connectivity index (χ0v) is 16.6. The molecule has 0 aliphatic rings. The third-order valence-corrected chi connectivity index (χ3v) is 4.57. The molecule has 3 aromatic carbocycles. The molecule has 0 atom stereocenters. The van der Waals surface area contributed by atoms with Crippen LogP contribution in [0.3, 0.4) is 0 Å². The van der Waals surface area contributed by atoms with Gasteiger partial charge in [0.25, 0.3) is 5.91 Å². The van der Waals surface area contributed by atoms with Crippen LogP contribution in [-0.2, 0) is 11.3 Å². The van der Waals surface area contributed by atoms with Gasteiger partial charge < -0.3 is 15.4 Å². The lowest BCUT2D eigenvalue weighted by Crippen LogP contribution is -2.20. The lowest BCUT2D eigenvalue weighted by molar-refractivity contribution is -0.118. The normalized spacial score (nSPS) is 10.4. The fraction of sp³-hybridized carbons (Fsp3) is 0.208. The summed E-state index contributed by atoms with van der Waals surface area (Å²) < 4.78 is 5.66. The first-order valence-electron chi connectivity index (χ1n) is 9.39. The van der Waals surface area contributed by atoms with E-state index in [-0.39, 0.29) is 12.5 Å². The van der Waals surface area contributed by atoms with Crippen LogP contribution in [0.2, 0.25) is 0 Å². The fourth-order valence-corrected chi connectivity index (χ4v) is 2.87. The molecule has 0 heterocycles. The van der Waals surface area contributed by atoms with Crippen LogP contribution in [0.1, 0.15) is 22.3 Å². The Hall–Kier alpha value is -3.27. The van der Waals surface area contributed by atoms with E-state index in [1.807, 2.05) is 55.5 Å². The van der Waals surface area contributed by atoms with Gasteiger partial charge in [0.15, 0.2) is 6.61 Å². The highest BCUT2D eigenvalue weighted by Crippen LogP contribution is 2.18. The second-order valence-electron chi connectivity index (χ2n) is 7.01. The minimum absolute atomic E-state index is 0.0258. The molecule has 1 amide bonds. The van der Waals surface area contributed by atoms with Gasteiger partial charge in [-0.3, -0.25) is 4.79 Å². The molecule has 0 unspecified atom stereocenters. The molecule has 0 aromatic heterocycles. The monoisotopic (exact) mass is 374 g/mol. The summed E-state index contributed by atoms with van der Waals surface area (Å²) in [5.41, 5.74) is 6.61. The standard InChI is InChI=1S/C24H26N2O2/c1-17-6-4-8-22(12-17)26-24(27)16-28-23-9-5-7-20(14-23)15-25-21-11-10-18(2)19(3)13-21/h4-14,25H,15-16H2,1-3H3,(H,26,27). The van der Waals surface area contributed by atoms with Gasteiger partial charge in [-0.1, -0.05) is 30.3 Å². The van der Waals surface area contributed by atoms with E-state index in [2.05, 4.69) is 42.7 Å². The predicted molar refractivity (Wildman–Crippen MR) is 115 cm³/mol. The highest BCUT2D eigenvalue weighted by atomic mass is 16.5. The smallest absolute Gasteiger partial charge is 0.262 e. The number of carbonyl (C=O) groups excluding carboxylic acids is 1. The summed E-state index contributed by atoms with van der Waals surface area (Å²) in [5.74, 6) is 0.503. The van der Waals surface area contributed by atoms with Crippen LogP contribution in [-0.4, -0.2) is 12.5 Å². The van der Waals surface area contributed by atoms with Crippen molar-refractivity contribution in [2.45, 2.75) is 27.3 Å². The number of anilines is 2. The van der Waals surface area contributed by atoms with E-state index in [0.717, 1.165) is 22.5 Å². The molecule has 2 N–H and O–H groups in total. The number of hydrogen-bond acceptors (Lipinski definition) is 3. The van der Waals surface area contributed by atoms with E-state index < -0.39 is 0 Å². The van der Waals surface area contributed by atoms with E-state index in [9.17, 15) is 4.79 Å². The van der Waals surface area contributed by atoms with Crippen molar-refractivity contribution in [1.82, 2.24) is 0 Å². The van der Waals surface area contributed by atoms with Crippen LogP contribution >= 0.6 is 0 Å². The molecule has 28 heavy (non-hydrogen) atoms. The maximum atomic E-state index is 12.1. The molecule has 4 heteroatoms. The Balaban J connectivity index is 1.52. The summed E-state index contributed by atoms with van der Waals surface area (Å²) in [7, 11) is 0. The molecule has 0 aliphatic carbocycles. The van der Waals surface area contributed by atoms with Gasteiger partial charge in [-0.25, -0.2) is 0 Å². The highest BCUT2D eigenvalue weighted by molar-refractivity contribution is 5.91. The molecule has 0 bridgehead atoms. The highest BCUT2D eigenvalue weighted by Gasteiger charge is 2.05. The number of amides is 1. The van der Waals surface area contributed by atoms with E-state index in [1.165, 1.54) is 11.1 Å². The Kier molecular flexibility index (Phi) is 6.33. The van der Waals surface area contributed by atoms with Crippen molar-refractivity contribution in [3.05, 3.63) is 89.0 Å². The summed E-state index contributed by atoms with van der Waals surface area (Å²) in [6.07, 6.45) is 0. The van der Waals surface area contributed by atoms with Gasteiger partial charge in [-0.05, 0) is 79.4 Å². The molecule has 0 saturated heterocycles. The van der Waals surface area contributed by atoms with Crippen LogP contribution < -0.4 is 15.4 Å². The molecule has 3 rings (SSSR count). The first kappa shape index (κ1) is 19.5. The molecule has 0 fully saturated rings. The molecule has 0 spiro atoms. The van der Waals surface area contributed by atoms with Crippen LogP contribution in [0.5, 0.6) is 5.75 Å². The third-order valence-electron chi connectivity index (χ3n) is 4.57. The van der Waals surface area contributed by atoms with Crippen molar-refractivity contribution in [2.24, 2.45) is 0 Å². The van der Waals surface area contributed by atoms with Crippen molar-refractivity contribution in [3.8, 4) is 5.75 Å². The SMILES string of the molecule is Cc1cccc(NC(=O)COc2cccc(CNc3ccc(C)c(C)c3)c2)c1. The zero-order valence-electron chi connectivity index (χ0n) is 16.6. The van der Waals surface area contributed by atoms with Crippen LogP contribution in [0, 0.1) is 20.8 Å². The second kappa shape index (κ2) is 9.09. The average molecular weight is 374 g/mol. The minimum Gasteiger partial charge on any atom is -0.484 e. The summed E-state index contributed by atoms with van der Waals surface area (Å²) in [6.45, 7) is 6.87. The molecular formula is C24H26N2O2. The molecular weight excluding hydrogens is 348 g/mol. The van der Waals surface area contributed by atoms with E-state index in [4.69, 9.17) is 4.74 Å². The average Bonchev–Trinajstić information content (AvgIpc) is 2.68. The maximum absolute atomic E-state index is 12.1. The van der Waals surface area contributed by atoms with E-state index in [0.29, 0.717) is 12.3 Å². The number of hydrogen-bond donors (Lipinski definition) is 2. The van der Waals surface area contributed by atoms with Gasteiger partial charge in [0.05, 0.1) is 0 Å². The first-order valence-corrected chi connectivity index (χ1v) is 9.39. The third kappa shape index (κ3) is 5.61. The van der Waals surface area contributed by atoms with Gasteiger partial charge in [-0.15, -0.1) is 0 Å². The summed E-state index contributed by atoms with van der Waals surface area (Å²) >= 11 is 0. The van der Waals surface area contributed by atoms with Crippen molar-refractivity contribution < 1.29 is 9.53 Å². The number of benzene rings is 3. The van der Waals surface area contributed by atoms with E-state index >= 15 is 0 Å². The Morgan fingerprint density at radius 1 is 0.857 bits per heavy atom. The number of rotatable bonds is 7. The summed E-state index contributed by atoms with van der Waals surface area (Å²) in [4.78, 5) is 12.1. The van der Waals surface area contributed by atoms with Gasteiger partial charge in [0.2, 0.25) is 0 Å². The second-order valence-corrected chi connectivity index (χ2v) is 7.01. The van der Waals surface area contributed by atoms with Gasteiger partial charge >= 0.3 is 0 Å². The Morgan fingerprint density at radius 2 is 1.68 bits per heavy atom. The quantitative estimate of drug-likeness (QED) is 0.594. The summed E-state index contributed by atoms with van der Waals surface area (Å²) in [5, 5.41) is 6.27. The van der Waals surface area contributed by atoms with Gasteiger partial charge in [0, 0.05) is 17.9 Å². The molecule has 0 saturated carbocycles. The zero-order chi connectivity index (χ0) is 19.9. The maximum Gasteiger partial charge on any atom is 0.262 e. The summed E-state index contributed by atoms with van der Waals surface area (Å²) in [6, 6.07) is 21.8. The van der Waals surface area contributed by atoms with Crippen LogP contribution in [0.4, 0.5) is 11.4 Å². The molecule has 144 valence electrons. The number of aryl methyl sites for hydroxylation is 3. The largest absolute Gasteiger partial charge is 0.484 e. The molecule has 0 aliphatic heterocycles. The Labute approximate surface area is 166 Å². The van der Waals surface area contributed by atoms with E-state index in [1.54, 1.807) is 0 Å². The lowest BCUT2D eigenvalue weighted by atomic mass is 10.1. The number of nitrogens with one attached hydrogen (secondary N) is 2. The number of carbonyl (C=O) groups is 1. The van der Waals surface area contributed by atoms with Crippen molar-refractivity contribution in [1.29, 1.82) is 0 Å². The van der Waals surface area contributed by atoms with Crippen molar-refractivity contribution >= 4 is 17.3 Å². The van der Waals surface area contributed by atoms with Gasteiger partial charge in [0.1, 0.15) is 5.75 Å². The van der Waals surface area contributed by atoms with Crippen molar-refractivity contribution in [3.63, 3.8) is 0 Å². The van der Waals surface area contributed by atoms with Crippen molar-refractivity contribution in [2.75, 3.05) is 17.2 Å². The number of ether oxygens (including phenoxy) is 1. The molecule has 0 radical (unpaired) electrons. The Morgan fingerprint density at radius 3 is 2.46 bits per heavy atom. The molecule has 4 nitrogen and oxygen atoms in total. The fourth-order valence-electron chi connectivity index (χ4n) is 2.87. The van der Waals surface area contributed by atoms with Crippen LogP contribution in [0.25, 0.3) is 0 Å². The topological polar surface area (TPSA) is 50.4 Å². The Bertz CT molecular complexity index is 966. The minimum atomic E-state index is -0.177. The molecule has 3 aromatic rings. The van der Waals surface area contributed by atoms with Crippen LogP contribution in [0.15, 0.2) is 66.7 Å². The predicted octanol–water partition coefficient (Wildman–Crippen LogP) is 5.24. The first-order chi connectivity index (χ1) is 13.5. The van der Waals surface area contributed by atoms with Gasteiger partial charge in [-0.2, -0.15) is 0 Å². The lowest BCUT2D eigenvalue weighted by Gasteiger charge is -2.11.